The third kappa shape index (κ3) is 8.65. The third-order valence-corrected chi connectivity index (χ3v) is 14.4. The molecule has 60 heavy (non-hydrogen) atoms. The van der Waals surface area contributed by atoms with E-state index in [1.54, 1.807) is 0 Å². The van der Waals surface area contributed by atoms with Crippen LogP contribution in [0.3, 0.4) is 0 Å². The lowest BCUT2D eigenvalue weighted by atomic mass is 9.74. The van der Waals surface area contributed by atoms with E-state index in [0.717, 1.165) is 5.69 Å². The van der Waals surface area contributed by atoms with Gasteiger partial charge in [-0.3, -0.25) is 0 Å². The predicted octanol–water partition coefficient (Wildman–Crippen LogP) is 8.72. The molecule has 4 aliphatic heterocycles. The van der Waals surface area contributed by atoms with Crippen LogP contribution < -0.4 is 14.7 Å². The normalized spacial score (nSPS) is 27.4. The summed E-state index contributed by atoms with van der Waals surface area (Å²) < 4.78 is 0. The summed E-state index contributed by atoms with van der Waals surface area (Å²) in [6.45, 7) is 32.3. The number of benzene rings is 1. The van der Waals surface area contributed by atoms with Crippen LogP contribution in [0.2, 0.25) is 0 Å². The highest BCUT2D eigenvalue weighted by molar-refractivity contribution is 5.59. The van der Waals surface area contributed by atoms with E-state index in [0.29, 0.717) is 69.2 Å². The molecule has 0 unspecified atom stereocenters. The summed E-state index contributed by atoms with van der Waals surface area (Å²) in [7, 11) is 1.97. The second-order valence-electron chi connectivity index (χ2n) is 23.9. The van der Waals surface area contributed by atoms with Crippen LogP contribution >= 0.6 is 0 Å². The molecule has 1 aromatic heterocycles. The van der Waals surface area contributed by atoms with E-state index in [2.05, 4.69) is 9.80 Å². The second-order valence-corrected chi connectivity index (χ2v) is 23.9. The number of nitrogens with zero attached hydrogens (tertiary/aromatic N) is 10. The number of para-hydroxylation sites is 1. The van der Waals surface area contributed by atoms with Crippen LogP contribution in [-0.2, 0) is 20.8 Å². The fraction of sp³-hybridized carbons (Fsp3) is 0.804. The Hall–Kier alpha value is -2.69. The molecule has 0 amide bonds. The standard InChI is InChI=1S/C46H76N10O4/c1-39(2)23-32(24-40(3,4)53(39)57)51(33-25-41(5,6)54(58)42(7,8)26-33)37-47-36(50(17)31-21-19-18-20-22-31)48-38(49-37)52(34-27-43(9,10)55(59)44(11,12)28-34)35-29-45(13,14)56(60)46(15,16)30-35/h18-22,32-35H,23-30H2,1-17H3. The van der Waals surface area contributed by atoms with Gasteiger partial charge >= 0.3 is 0 Å². The van der Waals surface area contributed by atoms with Gasteiger partial charge in [-0.15, -0.1) is 41.1 Å². The zero-order valence-electron chi connectivity index (χ0n) is 40.0. The Balaban J connectivity index is 1.64. The molecule has 4 fully saturated rings. The van der Waals surface area contributed by atoms with Crippen molar-refractivity contribution in [2.24, 2.45) is 0 Å². The van der Waals surface area contributed by atoms with Crippen molar-refractivity contribution in [1.82, 2.24) is 35.2 Å². The van der Waals surface area contributed by atoms with E-state index in [4.69, 9.17) is 15.0 Å². The first-order chi connectivity index (χ1) is 27.2. The van der Waals surface area contributed by atoms with Crippen molar-refractivity contribution in [2.75, 3.05) is 21.7 Å². The van der Waals surface area contributed by atoms with Crippen molar-refractivity contribution >= 4 is 23.5 Å². The lowest BCUT2D eigenvalue weighted by molar-refractivity contribution is -0.294. The molecule has 1 aromatic carbocycles. The Kier molecular flexibility index (Phi) is 11.9. The maximum atomic E-state index is 13.9. The summed E-state index contributed by atoms with van der Waals surface area (Å²) in [5.74, 6) is 1.49. The van der Waals surface area contributed by atoms with Gasteiger partial charge in [0.1, 0.15) is 0 Å². The molecule has 4 radical (unpaired) electrons. The molecule has 4 saturated heterocycles. The molecule has 6 rings (SSSR count). The van der Waals surface area contributed by atoms with E-state index in [-0.39, 0.29) is 24.2 Å². The lowest BCUT2D eigenvalue weighted by Crippen LogP contribution is -2.68. The highest BCUT2D eigenvalue weighted by Gasteiger charge is 2.56. The van der Waals surface area contributed by atoms with Crippen LogP contribution in [0, 0.1) is 0 Å². The molecule has 0 bridgehead atoms. The van der Waals surface area contributed by atoms with Crippen LogP contribution in [0.5, 0.6) is 0 Å². The number of rotatable bonds is 8. The van der Waals surface area contributed by atoms with Crippen LogP contribution in [0.15, 0.2) is 30.3 Å². The van der Waals surface area contributed by atoms with E-state index in [1.807, 2.05) is 153 Å². The Bertz CT molecular complexity index is 1590. The first kappa shape index (κ1) is 46.8. The van der Waals surface area contributed by atoms with Gasteiger partial charge in [-0.05, 0) is 174 Å². The molecular weight excluding hydrogens is 757 g/mol. The van der Waals surface area contributed by atoms with Crippen molar-refractivity contribution < 1.29 is 20.8 Å². The molecule has 334 valence electrons. The van der Waals surface area contributed by atoms with Gasteiger partial charge < -0.3 is 14.7 Å². The van der Waals surface area contributed by atoms with Crippen LogP contribution in [0.4, 0.5) is 23.5 Å². The summed E-state index contributed by atoms with van der Waals surface area (Å²) in [5, 5.41) is 60.6. The largest absolute Gasteiger partial charge is 0.334 e. The first-order valence-electron chi connectivity index (χ1n) is 22.2. The van der Waals surface area contributed by atoms with Crippen molar-refractivity contribution in [3.8, 4) is 0 Å². The third-order valence-electron chi connectivity index (χ3n) is 14.4. The Morgan fingerprint density at radius 2 is 0.617 bits per heavy atom. The van der Waals surface area contributed by atoms with Gasteiger partial charge in [-0.25, -0.2) is 0 Å². The van der Waals surface area contributed by atoms with Crippen LogP contribution in [0.1, 0.15) is 162 Å². The minimum Gasteiger partial charge on any atom is -0.334 e. The molecule has 4 aliphatic rings. The molecule has 0 saturated carbocycles. The topological polar surface area (TPSA) is 141 Å². The van der Waals surface area contributed by atoms with Gasteiger partial charge in [0, 0.05) is 81.2 Å². The van der Waals surface area contributed by atoms with Crippen molar-refractivity contribution in [1.29, 1.82) is 0 Å². The van der Waals surface area contributed by atoms with Gasteiger partial charge in [-0.1, -0.05) is 18.2 Å². The van der Waals surface area contributed by atoms with Crippen molar-refractivity contribution in [3.05, 3.63) is 30.3 Å². The van der Waals surface area contributed by atoms with E-state index in [1.165, 1.54) is 20.3 Å². The van der Waals surface area contributed by atoms with Crippen LogP contribution in [0.25, 0.3) is 0 Å². The SMILES string of the molecule is CN(c1ccccc1)c1nc(N(C2CC(C)(C)N([O])C(C)(C)C2)C2CC(C)(C)N([O])C(C)(C)C2)nc(N(C2CC(C)(C)N([O])C(C)(C)C2)C2CC(C)(C)N([O])C(C)(C)C2)n1. The molecule has 0 aliphatic carbocycles. The minimum atomic E-state index is -0.687. The molecule has 0 atom stereocenters. The zero-order chi connectivity index (χ0) is 45.0. The zero-order valence-corrected chi connectivity index (χ0v) is 40.0. The summed E-state index contributed by atoms with van der Waals surface area (Å²) in [4.78, 5) is 23.1. The monoisotopic (exact) mass is 833 g/mol. The minimum absolute atomic E-state index is 0.142. The molecule has 0 spiro atoms. The Labute approximate surface area is 361 Å². The first-order valence-corrected chi connectivity index (χ1v) is 22.2. The summed E-state index contributed by atoms with van der Waals surface area (Å²) in [6.07, 6.45) is 4.57. The molecule has 14 heteroatoms. The van der Waals surface area contributed by atoms with Gasteiger partial charge in [0.15, 0.2) is 0 Å². The maximum Gasteiger partial charge on any atom is 0.236 e. The molecule has 14 nitrogen and oxygen atoms in total. The van der Waals surface area contributed by atoms with Gasteiger partial charge in [-0.2, -0.15) is 15.0 Å². The average molecular weight is 833 g/mol. The number of hydroxylamine groups is 8. The van der Waals surface area contributed by atoms with Crippen molar-refractivity contribution in [2.45, 2.75) is 231 Å². The molecular formula is C46H76N10O4. The molecule has 0 N–H and O–H groups in total. The summed E-state index contributed by atoms with van der Waals surface area (Å²) >= 11 is 0. The molecule has 2 aromatic rings. The van der Waals surface area contributed by atoms with Gasteiger partial charge in [0.2, 0.25) is 17.8 Å². The quantitative estimate of drug-likeness (QED) is 0.254. The van der Waals surface area contributed by atoms with E-state index in [9.17, 15) is 20.8 Å². The maximum absolute atomic E-state index is 13.9. The number of piperidine rings is 4. The summed E-state index contributed by atoms with van der Waals surface area (Å²) in [5.41, 5.74) is -4.59. The van der Waals surface area contributed by atoms with E-state index >= 15 is 0 Å². The van der Waals surface area contributed by atoms with Crippen LogP contribution in [-0.4, -0.2) is 111 Å². The second kappa shape index (κ2) is 15.2. The fourth-order valence-electron chi connectivity index (χ4n) is 12.4. The van der Waals surface area contributed by atoms with E-state index < -0.39 is 44.3 Å². The predicted molar refractivity (Wildman–Crippen MR) is 234 cm³/mol. The highest BCUT2D eigenvalue weighted by Crippen LogP contribution is 2.48. The smallest absolute Gasteiger partial charge is 0.236 e. The Morgan fingerprint density at radius 3 is 0.850 bits per heavy atom. The Morgan fingerprint density at radius 1 is 0.400 bits per heavy atom. The molecule has 5 heterocycles. The summed E-state index contributed by atoms with van der Waals surface area (Å²) in [6, 6.07) is 9.48. The van der Waals surface area contributed by atoms with Crippen molar-refractivity contribution in [3.63, 3.8) is 0 Å². The number of aromatic nitrogens is 3. The lowest BCUT2D eigenvalue weighted by Gasteiger charge is -2.58. The van der Waals surface area contributed by atoms with Gasteiger partial charge in [0.25, 0.3) is 0 Å². The number of hydrogen-bond acceptors (Lipinski definition) is 10. The fourth-order valence-corrected chi connectivity index (χ4v) is 12.4. The number of anilines is 4. The van der Waals surface area contributed by atoms with Gasteiger partial charge in [0.05, 0.1) is 0 Å². The average Bonchev–Trinajstić information content (AvgIpc) is 3.10. The highest BCUT2D eigenvalue weighted by atomic mass is 16.5. The number of hydrogen-bond donors (Lipinski definition) is 0.